The third-order valence-corrected chi connectivity index (χ3v) is 3.59. The maximum absolute atomic E-state index is 13.0. The Labute approximate surface area is 111 Å². The van der Waals surface area contributed by atoms with E-state index in [1.807, 2.05) is 0 Å². The number of hydrogen-bond acceptors (Lipinski definition) is 2. The average molecular weight is 272 g/mol. The largest absolute Gasteiger partial charge is 0.416 e. The molecule has 0 atom stereocenters. The van der Waals surface area contributed by atoms with E-state index in [1.54, 1.807) is 0 Å². The first kappa shape index (κ1) is 14.2. The molecule has 106 valence electrons. The van der Waals surface area contributed by atoms with Crippen LogP contribution >= 0.6 is 0 Å². The van der Waals surface area contributed by atoms with Crippen molar-refractivity contribution >= 4 is 5.69 Å². The molecule has 19 heavy (non-hydrogen) atoms. The molecule has 0 amide bonds. The minimum absolute atomic E-state index is 0.151. The molecule has 5 heteroatoms. The molecule has 1 fully saturated rings. The number of hydrogen-bond donors (Lipinski definition) is 1. The van der Waals surface area contributed by atoms with Gasteiger partial charge in [0.2, 0.25) is 0 Å². The number of likely N-dealkylation sites (tertiary alicyclic amines) is 1. The predicted molar refractivity (Wildman–Crippen MR) is 69.5 cm³/mol. The van der Waals surface area contributed by atoms with Crippen LogP contribution in [0.2, 0.25) is 0 Å². The molecule has 0 saturated carbocycles. The maximum Gasteiger partial charge on any atom is 0.416 e. The standard InChI is InChI=1S/C14H19F3N2/c1-13(2)5-6-19(9-13)8-10-3-4-11(18)7-12(10)14(15,16)17/h3-4,7H,5-6,8-9,18H2,1-2H3. The fourth-order valence-corrected chi connectivity index (χ4v) is 2.60. The lowest BCUT2D eigenvalue weighted by atomic mass is 9.93. The van der Waals surface area contributed by atoms with Crippen molar-refractivity contribution in [3.8, 4) is 0 Å². The summed E-state index contributed by atoms with van der Waals surface area (Å²) in [5.74, 6) is 0. The molecule has 0 aliphatic carbocycles. The van der Waals surface area contributed by atoms with Crippen LogP contribution in [-0.4, -0.2) is 18.0 Å². The van der Waals surface area contributed by atoms with Gasteiger partial charge in [0.05, 0.1) is 5.56 Å². The van der Waals surface area contributed by atoms with Crippen molar-refractivity contribution in [1.29, 1.82) is 0 Å². The topological polar surface area (TPSA) is 29.3 Å². The zero-order valence-corrected chi connectivity index (χ0v) is 11.2. The summed E-state index contributed by atoms with van der Waals surface area (Å²) in [4.78, 5) is 2.07. The molecular weight excluding hydrogens is 253 g/mol. The van der Waals surface area contributed by atoms with Crippen molar-refractivity contribution in [1.82, 2.24) is 4.90 Å². The molecule has 0 spiro atoms. The highest BCUT2D eigenvalue weighted by atomic mass is 19.4. The molecule has 1 heterocycles. The van der Waals surface area contributed by atoms with E-state index in [9.17, 15) is 13.2 Å². The average Bonchev–Trinajstić information content (AvgIpc) is 2.59. The van der Waals surface area contributed by atoms with Gasteiger partial charge in [-0.05, 0) is 36.1 Å². The number of nitrogen functional groups attached to an aromatic ring is 1. The van der Waals surface area contributed by atoms with Crippen molar-refractivity contribution < 1.29 is 13.2 Å². The van der Waals surface area contributed by atoms with Crippen LogP contribution in [0.4, 0.5) is 18.9 Å². The monoisotopic (exact) mass is 272 g/mol. The lowest BCUT2D eigenvalue weighted by molar-refractivity contribution is -0.138. The maximum atomic E-state index is 13.0. The van der Waals surface area contributed by atoms with Crippen LogP contribution in [0.25, 0.3) is 0 Å². The van der Waals surface area contributed by atoms with Crippen molar-refractivity contribution in [2.24, 2.45) is 5.41 Å². The van der Waals surface area contributed by atoms with E-state index in [0.717, 1.165) is 25.6 Å². The number of nitrogens with two attached hydrogens (primary N) is 1. The van der Waals surface area contributed by atoms with E-state index in [-0.39, 0.29) is 11.1 Å². The molecule has 2 rings (SSSR count). The summed E-state index contributed by atoms with van der Waals surface area (Å²) in [5, 5.41) is 0. The van der Waals surface area contributed by atoms with E-state index >= 15 is 0 Å². The van der Waals surface area contributed by atoms with Crippen molar-refractivity contribution in [2.75, 3.05) is 18.8 Å². The van der Waals surface area contributed by atoms with Crippen molar-refractivity contribution in [3.63, 3.8) is 0 Å². The smallest absolute Gasteiger partial charge is 0.399 e. The Balaban J connectivity index is 2.21. The van der Waals surface area contributed by atoms with Gasteiger partial charge in [-0.3, -0.25) is 4.90 Å². The van der Waals surface area contributed by atoms with E-state index < -0.39 is 11.7 Å². The number of halogens is 3. The highest BCUT2D eigenvalue weighted by molar-refractivity contribution is 5.46. The molecule has 0 aromatic heterocycles. The molecule has 0 radical (unpaired) electrons. The normalized spacial score (nSPS) is 19.8. The summed E-state index contributed by atoms with van der Waals surface area (Å²) in [6.07, 6.45) is -3.33. The Kier molecular flexibility index (Phi) is 3.51. The van der Waals surface area contributed by atoms with Crippen molar-refractivity contribution in [3.05, 3.63) is 29.3 Å². The lowest BCUT2D eigenvalue weighted by Gasteiger charge is -2.21. The fraction of sp³-hybridized carbons (Fsp3) is 0.571. The molecule has 1 aliphatic rings. The summed E-state index contributed by atoms with van der Waals surface area (Å²) in [7, 11) is 0. The summed E-state index contributed by atoms with van der Waals surface area (Å²) in [6, 6.07) is 4.05. The van der Waals surface area contributed by atoms with Crippen LogP contribution < -0.4 is 5.73 Å². The van der Waals surface area contributed by atoms with Gasteiger partial charge in [0.15, 0.2) is 0 Å². The highest BCUT2D eigenvalue weighted by Gasteiger charge is 2.35. The van der Waals surface area contributed by atoms with Crippen LogP contribution in [-0.2, 0) is 12.7 Å². The Morgan fingerprint density at radius 3 is 2.53 bits per heavy atom. The Morgan fingerprint density at radius 1 is 1.32 bits per heavy atom. The Morgan fingerprint density at radius 2 is 2.00 bits per heavy atom. The van der Waals surface area contributed by atoms with Crippen LogP contribution in [0.15, 0.2) is 18.2 Å². The van der Waals surface area contributed by atoms with E-state index in [4.69, 9.17) is 5.73 Å². The van der Waals surface area contributed by atoms with Gasteiger partial charge in [-0.25, -0.2) is 0 Å². The minimum Gasteiger partial charge on any atom is -0.399 e. The fourth-order valence-electron chi connectivity index (χ4n) is 2.60. The third kappa shape index (κ3) is 3.41. The van der Waals surface area contributed by atoms with Crippen LogP contribution in [0, 0.1) is 5.41 Å². The quantitative estimate of drug-likeness (QED) is 0.835. The molecular formula is C14H19F3N2. The number of rotatable bonds is 2. The first-order valence-corrected chi connectivity index (χ1v) is 6.35. The summed E-state index contributed by atoms with van der Waals surface area (Å²) in [5.41, 5.74) is 5.49. The summed E-state index contributed by atoms with van der Waals surface area (Å²) < 4.78 is 38.9. The third-order valence-electron chi connectivity index (χ3n) is 3.59. The van der Waals surface area contributed by atoms with Gasteiger partial charge < -0.3 is 5.73 Å². The van der Waals surface area contributed by atoms with Gasteiger partial charge in [-0.15, -0.1) is 0 Å². The molecule has 2 nitrogen and oxygen atoms in total. The minimum atomic E-state index is -4.35. The summed E-state index contributed by atoms with van der Waals surface area (Å²) in [6.45, 7) is 6.28. The SMILES string of the molecule is CC1(C)CCN(Cc2ccc(N)cc2C(F)(F)F)C1. The van der Waals surface area contributed by atoms with E-state index in [0.29, 0.717) is 12.1 Å². The summed E-state index contributed by atoms with van der Waals surface area (Å²) >= 11 is 0. The van der Waals surface area contributed by atoms with Crippen LogP contribution in [0.1, 0.15) is 31.4 Å². The number of alkyl halides is 3. The van der Waals surface area contributed by atoms with E-state index in [1.165, 1.54) is 12.1 Å². The second kappa shape index (κ2) is 4.71. The van der Waals surface area contributed by atoms with E-state index in [2.05, 4.69) is 18.7 Å². The van der Waals surface area contributed by atoms with Gasteiger partial charge >= 0.3 is 6.18 Å². The molecule has 0 bridgehead atoms. The zero-order chi connectivity index (χ0) is 14.3. The Hall–Kier alpha value is -1.23. The Bertz CT molecular complexity index is 466. The van der Waals surface area contributed by atoms with Crippen LogP contribution in [0.3, 0.4) is 0 Å². The van der Waals surface area contributed by atoms with Crippen LogP contribution in [0.5, 0.6) is 0 Å². The highest BCUT2D eigenvalue weighted by Crippen LogP contribution is 2.35. The number of anilines is 1. The number of benzene rings is 1. The predicted octanol–water partition coefficient (Wildman–Crippen LogP) is 3.52. The molecule has 1 aromatic rings. The second-order valence-corrected chi connectivity index (χ2v) is 6.04. The molecule has 1 aliphatic heterocycles. The van der Waals surface area contributed by atoms with Gasteiger partial charge in [0.1, 0.15) is 0 Å². The van der Waals surface area contributed by atoms with Gasteiger partial charge in [0, 0.05) is 18.8 Å². The first-order valence-electron chi connectivity index (χ1n) is 6.35. The molecule has 2 N–H and O–H groups in total. The van der Waals surface area contributed by atoms with Gasteiger partial charge in [-0.2, -0.15) is 13.2 Å². The van der Waals surface area contributed by atoms with Gasteiger partial charge in [-0.1, -0.05) is 19.9 Å². The van der Waals surface area contributed by atoms with Gasteiger partial charge in [0.25, 0.3) is 0 Å². The van der Waals surface area contributed by atoms with Crippen molar-refractivity contribution in [2.45, 2.75) is 33.0 Å². The lowest BCUT2D eigenvalue weighted by Crippen LogP contribution is -2.24. The number of nitrogens with zero attached hydrogens (tertiary/aromatic N) is 1. The first-order chi connectivity index (χ1) is 8.67. The second-order valence-electron chi connectivity index (χ2n) is 6.04. The molecule has 1 aromatic carbocycles. The molecule has 0 unspecified atom stereocenters. The molecule has 1 saturated heterocycles. The zero-order valence-electron chi connectivity index (χ0n) is 11.2.